The highest BCUT2D eigenvalue weighted by Crippen LogP contribution is 2.35. The van der Waals surface area contributed by atoms with Crippen molar-refractivity contribution in [3.8, 4) is 17.2 Å². The van der Waals surface area contributed by atoms with Crippen molar-refractivity contribution in [3.63, 3.8) is 0 Å². The molecule has 40 heavy (non-hydrogen) atoms. The minimum absolute atomic E-state index is 0.111. The van der Waals surface area contributed by atoms with E-state index in [9.17, 15) is 14.4 Å². The highest BCUT2D eigenvalue weighted by Gasteiger charge is 2.43. The number of thioether (sulfide) groups is 1. The number of nitrogens with zero attached hydrogens (tertiary/aromatic N) is 2. The smallest absolute Gasteiger partial charge is 0.286 e. The van der Waals surface area contributed by atoms with Gasteiger partial charge in [0.2, 0.25) is 11.8 Å². The molecule has 3 amide bonds. The molecule has 0 unspecified atom stereocenters. The third-order valence-corrected chi connectivity index (χ3v) is 7.90. The molecule has 4 aromatic rings. The summed E-state index contributed by atoms with van der Waals surface area (Å²) in [6, 6.07) is 17.1. The maximum Gasteiger partial charge on any atom is 0.286 e. The second-order valence-corrected chi connectivity index (χ2v) is 11.6. The van der Waals surface area contributed by atoms with Gasteiger partial charge in [-0.2, -0.15) is 0 Å². The van der Waals surface area contributed by atoms with Crippen LogP contribution >= 0.6 is 11.8 Å². The highest BCUT2D eigenvalue weighted by molar-refractivity contribution is 8.16. The van der Waals surface area contributed by atoms with Gasteiger partial charge in [0, 0.05) is 25.7 Å². The molecule has 0 bridgehead atoms. The molecule has 10 heteroatoms. The Morgan fingerprint density at radius 1 is 1.02 bits per heavy atom. The number of imidazole rings is 1. The highest BCUT2D eigenvalue weighted by atomic mass is 32.2. The van der Waals surface area contributed by atoms with E-state index in [0.717, 1.165) is 51.0 Å². The molecule has 206 valence electrons. The molecule has 2 heterocycles. The van der Waals surface area contributed by atoms with Crippen LogP contribution in [0, 0.1) is 13.8 Å². The third kappa shape index (κ3) is 5.67. The van der Waals surface area contributed by atoms with Crippen LogP contribution in [0.15, 0.2) is 54.6 Å². The number of ether oxygens (including phenoxy) is 2. The Labute approximate surface area is 236 Å². The zero-order valence-corrected chi connectivity index (χ0v) is 23.8. The molecule has 0 aliphatic carbocycles. The summed E-state index contributed by atoms with van der Waals surface area (Å²) in [6.45, 7) is 7.41. The first-order chi connectivity index (χ1) is 19.0. The number of nitrogens with one attached hydrogen (secondary N) is 2. The van der Waals surface area contributed by atoms with Crippen LogP contribution in [0.5, 0.6) is 17.2 Å². The fourth-order valence-electron chi connectivity index (χ4n) is 4.76. The van der Waals surface area contributed by atoms with E-state index in [1.807, 2.05) is 80.1 Å². The second-order valence-electron chi connectivity index (χ2n) is 10.1. The molecule has 1 aliphatic heterocycles. The predicted octanol–water partition coefficient (Wildman–Crippen LogP) is 5.80. The monoisotopic (exact) mass is 558 g/mol. The third-order valence-electron chi connectivity index (χ3n) is 6.83. The molecule has 1 atom stereocenters. The normalized spacial score (nSPS) is 16.7. The van der Waals surface area contributed by atoms with E-state index in [-0.39, 0.29) is 23.7 Å². The Balaban J connectivity index is 1.26. The van der Waals surface area contributed by atoms with Gasteiger partial charge in [0.25, 0.3) is 5.24 Å². The number of fused-ring (bicyclic) bond motifs is 1. The van der Waals surface area contributed by atoms with Gasteiger partial charge in [-0.1, -0.05) is 12.1 Å². The van der Waals surface area contributed by atoms with Gasteiger partial charge >= 0.3 is 0 Å². The lowest BCUT2D eigenvalue weighted by Gasteiger charge is -2.18. The van der Waals surface area contributed by atoms with Crippen molar-refractivity contribution in [2.45, 2.75) is 45.5 Å². The number of amides is 3. The first kappa shape index (κ1) is 27.3. The summed E-state index contributed by atoms with van der Waals surface area (Å²) >= 11 is 1.03. The van der Waals surface area contributed by atoms with Crippen molar-refractivity contribution in [2.75, 3.05) is 5.32 Å². The number of anilines is 1. The molecule has 0 spiro atoms. The largest absolute Gasteiger partial charge is 0.486 e. The summed E-state index contributed by atoms with van der Waals surface area (Å²) in [7, 11) is 1.93. The van der Waals surface area contributed by atoms with Crippen LogP contribution in [0.1, 0.15) is 36.4 Å². The van der Waals surface area contributed by atoms with E-state index in [2.05, 4.69) is 10.6 Å². The topological polar surface area (TPSA) is 112 Å². The number of carbonyl (C=O) groups is 3. The van der Waals surface area contributed by atoms with E-state index in [0.29, 0.717) is 23.7 Å². The average Bonchev–Trinajstić information content (AvgIpc) is 3.34. The van der Waals surface area contributed by atoms with Gasteiger partial charge in [0.1, 0.15) is 34.4 Å². The Bertz CT molecular complexity index is 1620. The SMILES string of the molecule is CC(=O)Nc1c(C)cc(Oc2ccc3nc(COc4ccc(C[C@]5(C)SC(=O)NC5=O)cc4)n(C)c3c2)cc1C. The van der Waals surface area contributed by atoms with Crippen molar-refractivity contribution in [2.24, 2.45) is 7.05 Å². The van der Waals surface area contributed by atoms with Gasteiger partial charge in [-0.25, -0.2) is 4.98 Å². The van der Waals surface area contributed by atoms with E-state index in [1.54, 1.807) is 6.92 Å². The number of hydrogen-bond donors (Lipinski definition) is 2. The quantitative estimate of drug-likeness (QED) is 0.281. The fourth-order valence-corrected chi connectivity index (χ4v) is 5.70. The number of carbonyl (C=O) groups excluding carboxylic acids is 3. The Morgan fingerprint density at radius 2 is 1.70 bits per heavy atom. The molecular weight excluding hydrogens is 528 g/mol. The minimum atomic E-state index is -0.803. The first-order valence-corrected chi connectivity index (χ1v) is 13.6. The maximum atomic E-state index is 12.1. The van der Waals surface area contributed by atoms with Crippen LogP contribution < -0.4 is 20.1 Å². The van der Waals surface area contributed by atoms with Crippen LogP contribution in [0.4, 0.5) is 10.5 Å². The van der Waals surface area contributed by atoms with Crippen molar-refractivity contribution < 1.29 is 23.9 Å². The summed E-state index contributed by atoms with van der Waals surface area (Å²) in [5, 5.41) is 4.91. The zero-order valence-electron chi connectivity index (χ0n) is 23.0. The molecule has 0 radical (unpaired) electrons. The second kappa shape index (κ2) is 10.7. The number of aryl methyl sites for hydroxylation is 3. The van der Waals surface area contributed by atoms with Crippen LogP contribution in [0.3, 0.4) is 0 Å². The predicted molar refractivity (Wildman–Crippen MR) is 155 cm³/mol. The lowest BCUT2D eigenvalue weighted by molar-refractivity contribution is -0.121. The Kier molecular flexibility index (Phi) is 7.29. The van der Waals surface area contributed by atoms with E-state index in [1.165, 1.54) is 6.92 Å². The summed E-state index contributed by atoms with van der Waals surface area (Å²) in [5.41, 5.74) is 5.32. The summed E-state index contributed by atoms with van der Waals surface area (Å²) in [6.07, 6.45) is 0.448. The molecular formula is C30H30N4O5S. The molecule has 1 aliphatic rings. The Morgan fingerprint density at radius 3 is 2.33 bits per heavy atom. The van der Waals surface area contributed by atoms with Gasteiger partial charge < -0.3 is 19.4 Å². The molecule has 0 saturated carbocycles. The van der Waals surface area contributed by atoms with E-state index < -0.39 is 4.75 Å². The average molecular weight is 559 g/mol. The van der Waals surface area contributed by atoms with Gasteiger partial charge in [-0.05, 0) is 92.0 Å². The fraction of sp³-hybridized carbons (Fsp3) is 0.267. The molecule has 5 rings (SSSR count). The molecule has 1 aromatic heterocycles. The summed E-state index contributed by atoms with van der Waals surface area (Å²) < 4.78 is 13.3. The molecule has 1 saturated heterocycles. The van der Waals surface area contributed by atoms with E-state index >= 15 is 0 Å². The minimum Gasteiger partial charge on any atom is -0.486 e. The Hall–Kier alpha value is -4.31. The maximum absolute atomic E-state index is 12.1. The van der Waals surface area contributed by atoms with Gasteiger partial charge in [-0.3, -0.25) is 19.7 Å². The van der Waals surface area contributed by atoms with Crippen molar-refractivity contribution in [1.29, 1.82) is 0 Å². The van der Waals surface area contributed by atoms with Crippen LogP contribution in [0.25, 0.3) is 11.0 Å². The molecule has 9 nitrogen and oxygen atoms in total. The van der Waals surface area contributed by atoms with Gasteiger partial charge in [0.05, 0.1) is 11.0 Å². The summed E-state index contributed by atoms with van der Waals surface area (Å²) in [5.74, 6) is 2.42. The number of imide groups is 1. The number of hydrogen-bond acceptors (Lipinski definition) is 7. The molecule has 1 fully saturated rings. The zero-order chi connectivity index (χ0) is 28.6. The number of aromatic nitrogens is 2. The van der Waals surface area contributed by atoms with Gasteiger partial charge in [0.15, 0.2) is 0 Å². The standard InChI is InChI=1S/C30H30N4O5S/c1-17-12-23(13-18(2)27(17)31-19(3)35)39-22-10-11-24-25(14-22)34(5)26(32-24)16-38-21-8-6-20(7-9-21)15-30(4)28(36)33-29(37)40-30/h6-14H,15-16H2,1-5H3,(H,31,35)(H,33,36,37)/t30-/m0/s1. The van der Waals surface area contributed by atoms with Crippen LogP contribution in [-0.2, 0) is 29.7 Å². The van der Waals surface area contributed by atoms with Crippen molar-refractivity contribution >= 4 is 45.5 Å². The number of rotatable bonds is 8. The van der Waals surface area contributed by atoms with Crippen LogP contribution in [-0.4, -0.2) is 31.4 Å². The van der Waals surface area contributed by atoms with Crippen LogP contribution in [0.2, 0.25) is 0 Å². The van der Waals surface area contributed by atoms with Gasteiger partial charge in [-0.15, -0.1) is 0 Å². The van der Waals surface area contributed by atoms with E-state index in [4.69, 9.17) is 14.5 Å². The molecule has 3 aromatic carbocycles. The van der Waals surface area contributed by atoms with Crippen molar-refractivity contribution in [1.82, 2.24) is 14.9 Å². The van der Waals surface area contributed by atoms with Crippen molar-refractivity contribution in [3.05, 3.63) is 77.1 Å². The molecule has 2 N–H and O–H groups in total. The number of benzene rings is 3. The summed E-state index contributed by atoms with van der Waals surface area (Å²) in [4.78, 5) is 39.9. The lowest BCUT2D eigenvalue weighted by atomic mass is 9.99. The first-order valence-electron chi connectivity index (χ1n) is 12.8. The lowest BCUT2D eigenvalue weighted by Crippen LogP contribution is -2.35.